The van der Waals surface area contributed by atoms with E-state index in [2.05, 4.69) is 10.6 Å². The average Bonchev–Trinajstić information content (AvgIpc) is 3.09. The number of imide groups is 1. The predicted octanol–water partition coefficient (Wildman–Crippen LogP) is 2.85. The van der Waals surface area contributed by atoms with Crippen LogP contribution < -0.4 is 10.6 Å². The van der Waals surface area contributed by atoms with Gasteiger partial charge in [-0.2, -0.15) is 0 Å². The fourth-order valence-electron chi connectivity index (χ4n) is 4.19. The molecular weight excluding hydrogens is 394 g/mol. The molecule has 1 atom stereocenters. The highest BCUT2D eigenvalue weighted by molar-refractivity contribution is 6.08. The average molecular weight is 413 g/mol. The summed E-state index contributed by atoms with van der Waals surface area (Å²) in [6.07, 6.45) is 0.527. The molecule has 4 amide bonds. The van der Waals surface area contributed by atoms with Crippen LogP contribution in [0.3, 0.4) is 0 Å². The Balaban J connectivity index is 1.34. The first-order valence-corrected chi connectivity index (χ1v) is 10.1. The van der Waals surface area contributed by atoms with Gasteiger partial charge in [-0.15, -0.1) is 0 Å². The van der Waals surface area contributed by atoms with Gasteiger partial charge in [0.25, 0.3) is 11.8 Å². The van der Waals surface area contributed by atoms with Gasteiger partial charge in [-0.3, -0.25) is 24.5 Å². The van der Waals surface area contributed by atoms with Crippen molar-refractivity contribution in [3.05, 3.63) is 77.4 Å². The van der Waals surface area contributed by atoms with E-state index in [0.717, 1.165) is 16.3 Å². The maximum atomic E-state index is 12.8. The van der Waals surface area contributed by atoms with Crippen molar-refractivity contribution in [3.8, 4) is 0 Å². The number of anilines is 1. The van der Waals surface area contributed by atoms with E-state index in [-0.39, 0.29) is 30.7 Å². The van der Waals surface area contributed by atoms with Gasteiger partial charge in [-0.25, -0.2) is 0 Å². The molecule has 3 aromatic rings. The Morgan fingerprint density at radius 3 is 2.58 bits per heavy atom. The minimum Gasteiger partial charge on any atom is -0.322 e. The number of piperidine rings is 1. The van der Waals surface area contributed by atoms with Crippen LogP contribution in [0, 0.1) is 0 Å². The summed E-state index contributed by atoms with van der Waals surface area (Å²) < 4.78 is 0. The summed E-state index contributed by atoms with van der Waals surface area (Å²) in [5.41, 5.74) is 2.37. The molecule has 2 aliphatic heterocycles. The highest BCUT2D eigenvalue weighted by Gasteiger charge is 2.39. The van der Waals surface area contributed by atoms with Gasteiger partial charge in [0, 0.05) is 29.8 Å². The number of benzene rings is 3. The fraction of sp³-hybridized carbons (Fsp3) is 0.167. The molecule has 0 aliphatic carbocycles. The van der Waals surface area contributed by atoms with Crippen LogP contribution in [-0.2, 0) is 16.1 Å². The number of carbonyl (C=O) groups is 4. The number of nitrogens with one attached hydrogen (secondary N) is 2. The van der Waals surface area contributed by atoms with Crippen LogP contribution in [0.25, 0.3) is 10.8 Å². The van der Waals surface area contributed by atoms with Crippen LogP contribution in [0.1, 0.15) is 39.1 Å². The van der Waals surface area contributed by atoms with Crippen molar-refractivity contribution in [2.75, 3.05) is 5.32 Å². The number of hydrogen-bond donors (Lipinski definition) is 2. The second kappa shape index (κ2) is 7.36. The first kappa shape index (κ1) is 19.0. The molecule has 1 saturated heterocycles. The van der Waals surface area contributed by atoms with E-state index in [9.17, 15) is 19.2 Å². The van der Waals surface area contributed by atoms with E-state index < -0.39 is 11.9 Å². The molecular formula is C24H19N3O4. The van der Waals surface area contributed by atoms with Crippen LogP contribution in [0.5, 0.6) is 0 Å². The maximum Gasteiger partial charge on any atom is 0.255 e. The molecule has 2 heterocycles. The summed E-state index contributed by atoms with van der Waals surface area (Å²) in [6.45, 7) is 0.264. The van der Waals surface area contributed by atoms with Gasteiger partial charge in [0.1, 0.15) is 6.04 Å². The number of nitrogens with zero attached hydrogens (tertiary/aromatic N) is 1. The van der Waals surface area contributed by atoms with Gasteiger partial charge in [0.2, 0.25) is 11.8 Å². The van der Waals surface area contributed by atoms with E-state index >= 15 is 0 Å². The summed E-state index contributed by atoms with van der Waals surface area (Å²) in [5, 5.41) is 7.22. The number of fused-ring (bicyclic) bond motifs is 2. The number of amides is 4. The molecule has 0 spiro atoms. The number of rotatable bonds is 3. The smallest absolute Gasteiger partial charge is 0.255 e. The molecule has 1 fully saturated rings. The Hall–Kier alpha value is -4.00. The van der Waals surface area contributed by atoms with Crippen LogP contribution in [-0.4, -0.2) is 34.6 Å². The molecule has 7 heteroatoms. The lowest BCUT2D eigenvalue weighted by molar-refractivity contribution is -0.136. The predicted molar refractivity (Wildman–Crippen MR) is 114 cm³/mol. The minimum absolute atomic E-state index is 0.212. The van der Waals surface area contributed by atoms with Gasteiger partial charge < -0.3 is 10.2 Å². The van der Waals surface area contributed by atoms with E-state index in [1.54, 1.807) is 24.3 Å². The summed E-state index contributed by atoms with van der Waals surface area (Å²) in [4.78, 5) is 50.6. The monoisotopic (exact) mass is 413 g/mol. The van der Waals surface area contributed by atoms with Gasteiger partial charge in [0.05, 0.1) is 0 Å². The standard InChI is InChI=1S/C24H19N3O4/c28-21-10-9-20(23(30)26-21)27-13-17-12-18(7-8-19(17)24(27)31)25-22(29)16-6-5-14-3-1-2-4-15(14)11-16/h1-8,11-12,20H,9-10,13H2,(H,25,29)(H,26,28,30). The zero-order valence-corrected chi connectivity index (χ0v) is 16.6. The molecule has 0 saturated carbocycles. The van der Waals surface area contributed by atoms with Gasteiger partial charge in [0.15, 0.2) is 0 Å². The lowest BCUT2D eigenvalue weighted by Gasteiger charge is -2.29. The summed E-state index contributed by atoms with van der Waals surface area (Å²) >= 11 is 0. The minimum atomic E-state index is -0.659. The molecule has 5 rings (SSSR count). The van der Waals surface area contributed by atoms with Crippen LogP contribution >= 0.6 is 0 Å². The topological polar surface area (TPSA) is 95.6 Å². The Labute approximate surface area is 178 Å². The lowest BCUT2D eigenvalue weighted by Crippen LogP contribution is -2.52. The van der Waals surface area contributed by atoms with Crippen molar-refractivity contribution in [3.63, 3.8) is 0 Å². The van der Waals surface area contributed by atoms with Crippen molar-refractivity contribution in [2.24, 2.45) is 0 Å². The highest BCUT2D eigenvalue weighted by Crippen LogP contribution is 2.29. The SMILES string of the molecule is O=C1CCC(N2Cc3cc(NC(=O)c4ccc5ccccc5c4)ccc3C2=O)C(=O)N1. The number of hydrogen-bond acceptors (Lipinski definition) is 4. The summed E-state index contributed by atoms with van der Waals surface area (Å²) in [6, 6.07) is 17.8. The largest absolute Gasteiger partial charge is 0.322 e. The first-order valence-electron chi connectivity index (χ1n) is 10.1. The maximum absolute atomic E-state index is 12.8. The lowest BCUT2D eigenvalue weighted by atomic mass is 10.0. The van der Waals surface area contributed by atoms with E-state index in [1.807, 2.05) is 36.4 Å². The molecule has 7 nitrogen and oxygen atoms in total. The number of carbonyl (C=O) groups excluding carboxylic acids is 4. The van der Waals surface area contributed by atoms with E-state index in [0.29, 0.717) is 23.2 Å². The molecule has 0 radical (unpaired) electrons. The molecule has 3 aromatic carbocycles. The zero-order valence-electron chi connectivity index (χ0n) is 16.6. The molecule has 0 bridgehead atoms. The van der Waals surface area contributed by atoms with Gasteiger partial charge >= 0.3 is 0 Å². The molecule has 2 N–H and O–H groups in total. The Kier molecular flexibility index (Phi) is 4.51. The van der Waals surface area contributed by atoms with Gasteiger partial charge in [-0.05, 0) is 53.1 Å². The quantitative estimate of drug-likeness (QED) is 0.646. The van der Waals surface area contributed by atoms with Crippen molar-refractivity contribution >= 4 is 40.1 Å². The Morgan fingerprint density at radius 2 is 1.77 bits per heavy atom. The van der Waals surface area contributed by atoms with Crippen LogP contribution in [0.4, 0.5) is 5.69 Å². The normalized spacial score (nSPS) is 18.1. The third-order valence-corrected chi connectivity index (χ3v) is 5.79. The molecule has 0 aromatic heterocycles. The van der Waals surface area contributed by atoms with E-state index in [4.69, 9.17) is 0 Å². The van der Waals surface area contributed by atoms with Crippen LogP contribution in [0.2, 0.25) is 0 Å². The summed E-state index contributed by atoms with van der Waals surface area (Å²) in [7, 11) is 0. The second-order valence-corrected chi connectivity index (χ2v) is 7.79. The van der Waals surface area contributed by atoms with Crippen molar-refractivity contribution < 1.29 is 19.2 Å². The fourth-order valence-corrected chi connectivity index (χ4v) is 4.19. The van der Waals surface area contributed by atoms with Crippen molar-refractivity contribution in [2.45, 2.75) is 25.4 Å². The molecule has 1 unspecified atom stereocenters. The van der Waals surface area contributed by atoms with Crippen molar-refractivity contribution in [1.82, 2.24) is 10.2 Å². The van der Waals surface area contributed by atoms with Crippen molar-refractivity contribution in [1.29, 1.82) is 0 Å². The van der Waals surface area contributed by atoms with Crippen LogP contribution in [0.15, 0.2) is 60.7 Å². The highest BCUT2D eigenvalue weighted by atomic mass is 16.2. The zero-order chi connectivity index (χ0) is 21.5. The Morgan fingerprint density at radius 1 is 0.968 bits per heavy atom. The Bertz CT molecular complexity index is 1270. The molecule has 154 valence electrons. The third kappa shape index (κ3) is 3.44. The van der Waals surface area contributed by atoms with E-state index in [1.165, 1.54) is 4.90 Å². The first-order chi connectivity index (χ1) is 15.0. The van der Waals surface area contributed by atoms with Gasteiger partial charge in [-0.1, -0.05) is 30.3 Å². The molecule has 31 heavy (non-hydrogen) atoms. The second-order valence-electron chi connectivity index (χ2n) is 7.79. The summed E-state index contributed by atoms with van der Waals surface area (Å²) in [5.74, 6) is -1.24. The third-order valence-electron chi connectivity index (χ3n) is 5.79. The molecule has 2 aliphatic rings.